The summed E-state index contributed by atoms with van der Waals surface area (Å²) in [5.41, 5.74) is 0.989. The summed E-state index contributed by atoms with van der Waals surface area (Å²) in [5, 5.41) is 7.78. The highest BCUT2D eigenvalue weighted by molar-refractivity contribution is 6.32. The molecule has 0 spiro atoms. The Bertz CT molecular complexity index is 856. The van der Waals surface area contributed by atoms with Gasteiger partial charge in [0.1, 0.15) is 0 Å². The number of amides is 2. The molecule has 1 aromatic carbocycles. The number of hydrogen-bond donors (Lipinski definition) is 1. The Balaban J connectivity index is 1.53. The van der Waals surface area contributed by atoms with Crippen molar-refractivity contribution in [2.45, 2.75) is 12.5 Å². The lowest BCUT2D eigenvalue weighted by Crippen LogP contribution is -2.39. The molecule has 1 saturated heterocycles. The fraction of sp³-hybridized carbons (Fsp3) is 0.450. The molecule has 2 amide bonds. The number of carbonyl (C=O) groups excluding carboxylic acids is 2. The lowest BCUT2D eigenvalue weighted by atomic mass is 10.2. The zero-order valence-electron chi connectivity index (χ0n) is 16.7. The van der Waals surface area contributed by atoms with E-state index in [2.05, 4.69) is 15.3 Å². The van der Waals surface area contributed by atoms with Crippen molar-refractivity contribution < 1.29 is 14.3 Å². The van der Waals surface area contributed by atoms with E-state index >= 15 is 0 Å². The Hall–Kier alpha value is -2.42. The number of likely N-dealkylation sites (tertiary alicyclic amines) is 1. The van der Waals surface area contributed by atoms with Crippen LogP contribution in [0, 0.1) is 0 Å². The minimum absolute atomic E-state index is 0.0528. The highest BCUT2D eigenvalue weighted by Gasteiger charge is 2.31. The number of halogens is 1. The van der Waals surface area contributed by atoms with Gasteiger partial charge >= 0.3 is 0 Å². The van der Waals surface area contributed by atoms with Crippen LogP contribution in [0.1, 0.15) is 16.9 Å². The minimum atomic E-state index is -0.298. The number of benzene rings is 1. The van der Waals surface area contributed by atoms with Gasteiger partial charge in [-0.1, -0.05) is 23.7 Å². The second-order valence-electron chi connectivity index (χ2n) is 7.11. The fourth-order valence-electron chi connectivity index (χ4n) is 3.21. The molecule has 1 aliphatic heterocycles. The third kappa shape index (κ3) is 5.56. The quantitative estimate of drug-likeness (QED) is 0.665. The van der Waals surface area contributed by atoms with E-state index in [0.717, 1.165) is 13.1 Å². The maximum atomic E-state index is 12.6. The molecule has 9 heteroatoms. The summed E-state index contributed by atoms with van der Waals surface area (Å²) in [6.07, 6.45) is 2.00. The van der Waals surface area contributed by atoms with E-state index < -0.39 is 0 Å². The molecule has 0 unspecified atom stereocenters. The van der Waals surface area contributed by atoms with Crippen molar-refractivity contribution in [2.24, 2.45) is 0 Å². The molecule has 1 aliphatic rings. The van der Waals surface area contributed by atoms with Gasteiger partial charge in [0.2, 0.25) is 5.91 Å². The predicted molar refractivity (Wildman–Crippen MR) is 110 cm³/mol. The monoisotopic (exact) mass is 419 g/mol. The molecule has 0 bridgehead atoms. The average Bonchev–Trinajstić information content (AvgIpc) is 3.32. The highest BCUT2D eigenvalue weighted by atomic mass is 35.5. The van der Waals surface area contributed by atoms with Gasteiger partial charge in [0, 0.05) is 45.9 Å². The van der Waals surface area contributed by atoms with Crippen molar-refractivity contribution in [1.29, 1.82) is 0 Å². The predicted octanol–water partition coefficient (Wildman–Crippen LogP) is 1.43. The first kappa shape index (κ1) is 21.3. The van der Waals surface area contributed by atoms with Gasteiger partial charge in [0.05, 0.1) is 23.4 Å². The maximum Gasteiger partial charge on any atom is 0.272 e. The van der Waals surface area contributed by atoms with Crippen LogP contribution in [0.15, 0.2) is 36.5 Å². The van der Waals surface area contributed by atoms with Crippen LogP contribution in [0.3, 0.4) is 0 Å². The SMILES string of the molecule is COCCN(C)CCN1C[C@H](NC(=O)c2ccn(-c3ccccc3Cl)n2)CC1=O. The number of rotatable bonds is 9. The van der Waals surface area contributed by atoms with Crippen molar-refractivity contribution in [1.82, 2.24) is 24.9 Å². The van der Waals surface area contributed by atoms with E-state index in [1.807, 2.05) is 25.2 Å². The van der Waals surface area contributed by atoms with Gasteiger partial charge in [-0.25, -0.2) is 4.68 Å². The summed E-state index contributed by atoms with van der Waals surface area (Å²) in [5.74, 6) is -0.246. The van der Waals surface area contributed by atoms with Gasteiger partial charge in [-0.05, 0) is 25.2 Å². The number of ether oxygens (including phenoxy) is 1. The van der Waals surface area contributed by atoms with Crippen LogP contribution in [-0.2, 0) is 9.53 Å². The topological polar surface area (TPSA) is 79.7 Å². The fourth-order valence-corrected chi connectivity index (χ4v) is 3.43. The standard InChI is InChI=1S/C20H26ClN5O3/c1-24(11-12-29-2)9-10-25-14-15(13-19(25)27)22-20(28)17-7-8-26(23-17)18-6-4-3-5-16(18)21/h3-8,15H,9-14H2,1-2H3,(H,22,28)/t15-/m1/s1. The smallest absolute Gasteiger partial charge is 0.272 e. The van der Waals surface area contributed by atoms with Crippen LogP contribution in [0.2, 0.25) is 5.02 Å². The Morgan fingerprint density at radius 2 is 2.14 bits per heavy atom. The van der Waals surface area contributed by atoms with Gasteiger partial charge in [0.15, 0.2) is 5.69 Å². The lowest BCUT2D eigenvalue weighted by molar-refractivity contribution is -0.127. The van der Waals surface area contributed by atoms with Crippen LogP contribution >= 0.6 is 11.6 Å². The third-order valence-corrected chi connectivity index (χ3v) is 5.22. The van der Waals surface area contributed by atoms with Crippen LogP contribution in [0.25, 0.3) is 5.69 Å². The van der Waals surface area contributed by atoms with Crippen molar-refractivity contribution in [3.63, 3.8) is 0 Å². The number of likely N-dealkylation sites (N-methyl/N-ethyl adjacent to an activating group) is 1. The number of aromatic nitrogens is 2. The number of nitrogens with zero attached hydrogens (tertiary/aromatic N) is 4. The van der Waals surface area contributed by atoms with Crippen molar-refractivity contribution in [2.75, 3.05) is 46.9 Å². The molecule has 1 atom stereocenters. The van der Waals surface area contributed by atoms with Crippen LogP contribution in [-0.4, -0.2) is 84.4 Å². The molecule has 1 fully saturated rings. The minimum Gasteiger partial charge on any atom is -0.383 e. The van der Waals surface area contributed by atoms with Gasteiger partial charge in [0.25, 0.3) is 5.91 Å². The zero-order valence-corrected chi connectivity index (χ0v) is 17.4. The largest absolute Gasteiger partial charge is 0.383 e. The second-order valence-corrected chi connectivity index (χ2v) is 7.51. The number of carbonyl (C=O) groups is 2. The zero-order chi connectivity index (χ0) is 20.8. The first-order chi connectivity index (χ1) is 14.0. The Kier molecular flexibility index (Phi) is 7.24. The van der Waals surface area contributed by atoms with Crippen molar-refractivity contribution in [3.8, 4) is 5.69 Å². The van der Waals surface area contributed by atoms with E-state index in [0.29, 0.717) is 36.8 Å². The second kappa shape index (κ2) is 9.87. The molecule has 29 heavy (non-hydrogen) atoms. The Morgan fingerprint density at radius 1 is 1.34 bits per heavy atom. The molecule has 0 aliphatic carbocycles. The summed E-state index contributed by atoms with van der Waals surface area (Å²) in [6, 6.07) is 8.70. The number of methoxy groups -OCH3 is 1. The molecule has 8 nitrogen and oxygen atoms in total. The molecule has 3 rings (SSSR count). The third-order valence-electron chi connectivity index (χ3n) is 4.90. The molecular formula is C20H26ClN5O3. The summed E-state index contributed by atoms with van der Waals surface area (Å²) >= 11 is 6.18. The molecule has 0 radical (unpaired) electrons. The molecule has 2 heterocycles. The summed E-state index contributed by atoms with van der Waals surface area (Å²) in [7, 11) is 3.66. The summed E-state index contributed by atoms with van der Waals surface area (Å²) in [6.45, 7) is 3.37. The molecule has 0 saturated carbocycles. The van der Waals surface area contributed by atoms with E-state index in [4.69, 9.17) is 16.3 Å². The molecule has 2 aromatic rings. The number of hydrogen-bond acceptors (Lipinski definition) is 5. The van der Waals surface area contributed by atoms with Gasteiger partial charge in [-0.2, -0.15) is 5.10 Å². The van der Waals surface area contributed by atoms with E-state index in [1.54, 1.807) is 35.0 Å². The summed E-state index contributed by atoms with van der Waals surface area (Å²) in [4.78, 5) is 28.7. The van der Waals surface area contributed by atoms with E-state index in [1.165, 1.54) is 0 Å². The normalized spacial score (nSPS) is 16.6. The molecular weight excluding hydrogens is 394 g/mol. The Morgan fingerprint density at radius 3 is 2.90 bits per heavy atom. The van der Waals surface area contributed by atoms with Gasteiger partial charge in [-0.15, -0.1) is 0 Å². The first-order valence-electron chi connectivity index (χ1n) is 9.54. The maximum absolute atomic E-state index is 12.6. The number of nitrogens with one attached hydrogen (secondary N) is 1. The van der Waals surface area contributed by atoms with E-state index in [9.17, 15) is 9.59 Å². The molecule has 1 aromatic heterocycles. The van der Waals surface area contributed by atoms with Crippen LogP contribution < -0.4 is 5.32 Å². The lowest BCUT2D eigenvalue weighted by Gasteiger charge is -2.21. The van der Waals surface area contributed by atoms with Gasteiger partial charge < -0.3 is 19.9 Å². The first-order valence-corrected chi connectivity index (χ1v) is 9.92. The van der Waals surface area contributed by atoms with Crippen LogP contribution in [0.5, 0.6) is 0 Å². The number of para-hydroxylation sites is 1. The summed E-state index contributed by atoms with van der Waals surface area (Å²) < 4.78 is 6.63. The molecule has 156 valence electrons. The highest BCUT2D eigenvalue weighted by Crippen LogP contribution is 2.19. The van der Waals surface area contributed by atoms with Crippen molar-refractivity contribution >= 4 is 23.4 Å². The van der Waals surface area contributed by atoms with Gasteiger partial charge in [-0.3, -0.25) is 9.59 Å². The Labute approximate surface area is 175 Å². The van der Waals surface area contributed by atoms with Crippen molar-refractivity contribution in [3.05, 3.63) is 47.2 Å². The van der Waals surface area contributed by atoms with Crippen LogP contribution in [0.4, 0.5) is 0 Å². The molecule has 1 N–H and O–H groups in total. The average molecular weight is 420 g/mol. The van der Waals surface area contributed by atoms with E-state index in [-0.39, 0.29) is 23.6 Å².